The Morgan fingerprint density at radius 3 is 2.52 bits per heavy atom. The van der Waals surface area contributed by atoms with Crippen molar-refractivity contribution in [2.45, 2.75) is 65.6 Å². The Labute approximate surface area is 138 Å². The fourth-order valence-electron chi connectivity index (χ4n) is 2.75. The number of carbonyl (C=O) groups is 1. The van der Waals surface area contributed by atoms with Crippen molar-refractivity contribution < 1.29 is 14.6 Å². The number of amides is 1. The second-order valence-corrected chi connectivity index (χ2v) is 8.27. The summed E-state index contributed by atoms with van der Waals surface area (Å²) in [7, 11) is 0. The van der Waals surface area contributed by atoms with Gasteiger partial charge in [0.05, 0.1) is 17.5 Å². The first-order valence-corrected chi connectivity index (χ1v) is 8.11. The normalized spacial score (nSPS) is 18.0. The van der Waals surface area contributed by atoms with E-state index < -0.39 is 11.7 Å². The smallest absolute Gasteiger partial charge is 0.414 e. The molecule has 0 saturated carbocycles. The number of aliphatic hydroxyl groups excluding tert-OH is 1. The molecule has 5 nitrogen and oxygen atoms in total. The van der Waals surface area contributed by atoms with E-state index in [0.717, 1.165) is 11.3 Å². The van der Waals surface area contributed by atoms with E-state index in [-0.39, 0.29) is 17.4 Å². The van der Waals surface area contributed by atoms with E-state index in [1.54, 1.807) is 11.1 Å². The van der Waals surface area contributed by atoms with Gasteiger partial charge in [0, 0.05) is 23.7 Å². The minimum Gasteiger partial charge on any atom is -0.443 e. The Morgan fingerprint density at radius 1 is 1.39 bits per heavy atom. The van der Waals surface area contributed by atoms with Crippen molar-refractivity contribution in [3.05, 3.63) is 23.5 Å². The molecule has 1 amide bonds. The maximum absolute atomic E-state index is 12.5. The second-order valence-electron chi connectivity index (χ2n) is 8.27. The number of hydrogen-bond acceptors (Lipinski definition) is 4. The zero-order valence-corrected chi connectivity index (χ0v) is 15.2. The second kappa shape index (κ2) is 5.78. The van der Waals surface area contributed by atoms with Crippen LogP contribution in [0.1, 0.15) is 65.8 Å². The number of aliphatic hydroxyl groups is 1. The highest BCUT2D eigenvalue weighted by atomic mass is 16.6. The van der Waals surface area contributed by atoms with Gasteiger partial charge in [0.15, 0.2) is 0 Å². The number of rotatable bonds is 2. The van der Waals surface area contributed by atoms with Gasteiger partial charge in [-0.1, -0.05) is 27.7 Å². The summed E-state index contributed by atoms with van der Waals surface area (Å²) in [5.41, 5.74) is 1.64. The van der Waals surface area contributed by atoms with Crippen LogP contribution in [0.3, 0.4) is 0 Å². The summed E-state index contributed by atoms with van der Waals surface area (Å²) < 4.78 is 5.52. The van der Waals surface area contributed by atoms with Gasteiger partial charge < -0.3 is 9.84 Å². The summed E-state index contributed by atoms with van der Waals surface area (Å²) in [6.45, 7) is 14.1. The van der Waals surface area contributed by atoms with E-state index in [9.17, 15) is 9.90 Å². The fraction of sp³-hybridized carbons (Fsp3) is 0.667. The molecule has 1 aromatic rings. The SMILES string of the molecule is CC(C)C(O)c1cc2c(cn1)C(C)(C)CN2C(=O)OC(C)(C)C. The first kappa shape index (κ1) is 17.7. The van der Waals surface area contributed by atoms with Gasteiger partial charge in [0.2, 0.25) is 0 Å². The molecule has 1 N–H and O–H groups in total. The van der Waals surface area contributed by atoms with Crippen LogP contribution in [-0.4, -0.2) is 28.3 Å². The minimum absolute atomic E-state index is 0.0601. The average molecular weight is 320 g/mol. The van der Waals surface area contributed by atoms with Gasteiger partial charge in [-0.05, 0) is 32.8 Å². The van der Waals surface area contributed by atoms with Crippen molar-refractivity contribution in [3.63, 3.8) is 0 Å². The average Bonchev–Trinajstić information content (AvgIpc) is 2.67. The van der Waals surface area contributed by atoms with Crippen LogP contribution in [0.2, 0.25) is 0 Å². The molecule has 2 rings (SSSR count). The lowest BCUT2D eigenvalue weighted by Gasteiger charge is -2.26. The molecule has 2 heterocycles. The van der Waals surface area contributed by atoms with Crippen LogP contribution in [0.4, 0.5) is 10.5 Å². The molecule has 1 atom stereocenters. The number of hydrogen-bond donors (Lipinski definition) is 1. The summed E-state index contributed by atoms with van der Waals surface area (Å²) in [5, 5.41) is 10.3. The summed E-state index contributed by atoms with van der Waals surface area (Å²) in [6.07, 6.45) is 0.769. The molecule has 0 aromatic carbocycles. The zero-order chi connectivity index (χ0) is 17.6. The van der Waals surface area contributed by atoms with E-state index >= 15 is 0 Å². The number of aromatic nitrogens is 1. The van der Waals surface area contributed by atoms with Crippen LogP contribution in [0, 0.1) is 5.92 Å². The van der Waals surface area contributed by atoms with Crippen molar-refractivity contribution in [3.8, 4) is 0 Å². The Morgan fingerprint density at radius 2 is 2.00 bits per heavy atom. The third-order valence-corrected chi connectivity index (χ3v) is 4.02. The topological polar surface area (TPSA) is 62.7 Å². The summed E-state index contributed by atoms with van der Waals surface area (Å²) in [5.74, 6) is 0.0601. The lowest BCUT2D eigenvalue weighted by atomic mass is 9.88. The van der Waals surface area contributed by atoms with Crippen molar-refractivity contribution in [2.24, 2.45) is 5.92 Å². The van der Waals surface area contributed by atoms with Crippen molar-refractivity contribution >= 4 is 11.8 Å². The number of pyridine rings is 1. The number of anilines is 1. The van der Waals surface area contributed by atoms with Gasteiger partial charge in [0.25, 0.3) is 0 Å². The van der Waals surface area contributed by atoms with Crippen LogP contribution < -0.4 is 4.90 Å². The molecule has 0 bridgehead atoms. The van der Waals surface area contributed by atoms with Gasteiger partial charge in [0.1, 0.15) is 5.60 Å². The van der Waals surface area contributed by atoms with Crippen LogP contribution in [-0.2, 0) is 10.2 Å². The molecule has 1 aromatic heterocycles. The highest BCUT2D eigenvalue weighted by Gasteiger charge is 2.40. The van der Waals surface area contributed by atoms with E-state index in [2.05, 4.69) is 18.8 Å². The van der Waals surface area contributed by atoms with Crippen LogP contribution in [0.25, 0.3) is 0 Å². The maximum atomic E-state index is 12.5. The van der Waals surface area contributed by atoms with Crippen LogP contribution in [0.5, 0.6) is 0 Å². The molecule has 1 aliphatic rings. The maximum Gasteiger partial charge on any atom is 0.414 e. The molecule has 0 aliphatic carbocycles. The van der Waals surface area contributed by atoms with Crippen LogP contribution in [0.15, 0.2) is 12.3 Å². The predicted molar refractivity (Wildman–Crippen MR) is 90.6 cm³/mol. The molecular formula is C18H28N2O3. The molecule has 1 aliphatic heterocycles. The molecular weight excluding hydrogens is 292 g/mol. The van der Waals surface area contributed by atoms with Crippen LogP contribution >= 0.6 is 0 Å². The Kier molecular flexibility index (Phi) is 4.46. The van der Waals surface area contributed by atoms with Gasteiger partial charge in [-0.25, -0.2) is 4.79 Å². The molecule has 0 radical (unpaired) electrons. The van der Waals surface area contributed by atoms with Gasteiger partial charge in [-0.3, -0.25) is 9.88 Å². The van der Waals surface area contributed by atoms with E-state index in [1.807, 2.05) is 40.7 Å². The van der Waals surface area contributed by atoms with Gasteiger partial charge >= 0.3 is 6.09 Å². The molecule has 0 saturated heterocycles. The first-order chi connectivity index (χ1) is 10.4. The Hall–Kier alpha value is -1.62. The summed E-state index contributed by atoms with van der Waals surface area (Å²) >= 11 is 0. The lowest BCUT2D eigenvalue weighted by Crippen LogP contribution is -2.38. The number of fused-ring (bicyclic) bond motifs is 1. The Balaban J connectivity index is 2.41. The Bertz CT molecular complexity index is 603. The van der Waals surface area contributed by atoms with Crippen molar-refractivity contribution in [1.29, 1.82) is 0 Å². The summed E-state index contributed by atoms with van der Waals surface area (Å²) in [6, 6.07) is 1.82. The molecule has 128 valence electrons. The zero-order valence-electron chi connectivity index (χ0n) is 15.2. The number of nitrogens with zero attached hydrogens (tertiary/aromatic N) is 2. The summed E-state index contributed by atoms with van der Waals surface area (Å²) in [4.78, 5) is 18.6. The van der Waals surface area contributed by atoms with E-state index in [1.165, 1.54) is 0 Å². The first-order valence-electron chi connectivity index (χ1n) is 8.11. The number of carbonyl (C=O) groups excluding carboxylic acids is 1. The highest BCUT2D eigenvalue weighted by molar-refractivity contribution is 5.91. The minimum atomic E-state index is -0.649. The molecule has 0 fully saturated rings. The highest BCUT2D eigenvalue weighted by Crippen LogP contribution is 2.41. The van der Waals surface area contributed by atoms with Crippen molar-refractivity contribution in [1.82, 2.24) is 4.98 Å². The number of ether oxygens (including phenoxy) is 1. The van der Waals surface area contributed by atoms with Gasteiger partial charge in [-0.15, -0.1) is 0 Å². The lowest BCUT2D eigenvalue weighted by molar-refractivity contribution is 0.0579. The van der Waals surface area contributed by atoms with Gasteiger partial charge in [-0.2, -0.15) is 0 Å². The monoisotopic (exact) mass is 320 g/mol. The molecule has 1 unspecified atom stereocenters. The molecule has 5 heteroatoms. The molecule has 0 spiro atoms. The predicted octanol–water partition coefficient (Wildman–Crippen LogP) is 3.80. The largest absolute Gasteiger partial charge is 0.443 e. The van der Waals surface area contributed by atoms with E-state index in [0.29, 0.717) is 12.2 Å². The standard InChI is InChI=1S/C18H28N2O3/c1-11(2)15(21)13-8-14-12(9-19-13)18(6,7)10-20(14)16(22)23-17(3,4)5/h8-9,11,15,21H,10H2,1-7H3. The molecule has 23 heavy (non-hydrogen) atoms. The van der Waals surface area contributed by atoms with E-state index in [4.69, 9.17) is 4.74 Å². The third kappa shape index (κ3) is 3.66. The fourth-order valence-corrected chi connectivity index (χ4v) is 2.75. The van der Waals surface area contributed by atoms with Crippen molar-refractivity contribution in [2.75, 3.05) is 11.4 Å². The third-order valence-electron chi connectivity index (χ3n) is 4.02. The quantitative estimate of drug-likeness (QED) is 0.900.